The molecule has 2 rings (SSSR count). The molecule has 0 bridgehead atoms. The molecule has 0 unspecified atom stereocenters. The molecule has 0 saturated heterocycles. The third-order valence-corrected chi connectivity index (χ3v) is 2.86. The minimum absolute atomic E-state index is 0.0833. The zero-order chi connectivity index (χ0) is 12.6. The Bertz CT molecular complexity index is 631. The molecule has 2 aromatic heterocycles. The number of fused-ring (bicyclic) bond motifs is 1. The molecule has 17 heavy (non-hydrogen) atoms. The van der Waals surface area contributed by atoms with Gasteiger partial charge in [0.1, 0.15) is 0 Å². The number of aromatic nitrogens is 2. The van der Waals surface area contributed by atoms with Gasteiger partial charge >= 0.3 is 0 Å². The first kappa shape index (κ1) is 11.6. The van der Waals surface area contributed by atoms with Crippen LogP contribution in [0.2, 0.25) is 5.15 Å². The fourth-order valence-electron chi connectivity index (χ4n) is 1.68. The standard InChI is InChI=1S/C11H10ClN3O2/c1-7(15(16)17)5-9-6-8-3-4-13-11(12)10(8)14(9)2/h3-6H,1-2H3. The molecule has 0 aromatic carbocycles. The Balaban J connectivity index is 2.65. The Morgan fingerprint density at radius 3 is 2.94 bits per heavy atom. The lowest BCUT2D eigenvalue weighted by Gasteiger charge is -2.00. The molecule has 0 radical (unpaired) electrons. The van der Waals surface area contributed by atoms with Crippen LogP contribution >= 0.6 is 11.6 Å². The van der Waals surface area contributed by atoms with Crippen LogP contribution in [0.3, 0.4) is 0 Å². The summed E-state index contributed by atoms with van der Waals surface area (Å²) < 4.78 is 1.79. The van der Waals surface area contributed by atoms with Crippen LogP contribution in [0.15, 0.2) is 24.0 Å². The van der Waals surface area contributed by atoms with Gasteiger partial charge in [0.25, 0.3) is 0 Å². The number of rotatable bonds is 2. The van der Waals surface area contributed by atoms with Crippen molar-refractivity contribution in [1.82, 2.24) is 9.55 Å². The molecular formula is C11H10ClN3O2. The van der Waals surface area contributed by atoms with Crippen molar-refractivity contribution < 1.29 is 4.92 Å². The smallest absolute Gasteiger partial charge is 0.245 e. The maximum atomic E-state index is 10.6. The topological polar surface area (TPSA) is 61.0 Å². The van der Waals surface area contributed by atoms with Gasteiger partial charge < -0.3 is 4.57 Å². The number of allylic oxidation sites excluding steroid dienone is 1. The second-order valence-corrected chi connectivity index (χ2v) is 4.07. The number of hydrogen-bond donors (Lipinski definition) is 0. The van der Waals surface area contributed by atoms with Crippen molar-refractivity contribution in [2.24, 2.45) is 7.05 Å². The highest BCUT2D eigenvalue weighted by Gasteiger charge is 2.10. The van der Waals surface area contributed by atoms with Gasteiger partial charge in [-0.1, -0.05) is 11.6 Å². The highest BCUT2D eigenvalue weighted by Crippen LogP contribution is 2.25. The molecule has 6 heteroatoms. The van der Waals surface area contributed by atoms with Gasteiger partial charge in [-0.25, -0.2) is 4.98 Å². The number of nitro groups is 1. The van der Waals surface area contributed by atoms with E-state index in [4.69, 9.17) is 11.6 Å². The Kier molecular flexibility index (Phi) is 2.85. The van der Waals surface area contributed by atoms with Crippen molar-refractivity contribution in [2.75, 3.05) is 0 Å². The molecule has 0 fully saturated rings. The average Bonchev–Trinajstić information content (AvgIpc) is 2.57. The quantitative estimate of drug-likeness (QED) is 0.468. The average molecular weight is 252 g/mol. The molecule has 0 amide bonds. The van der Waals surface area contributed by atoms with E-state index in [1.54, 1.807) is 17.8 Å². The Morgan fingerprint density at radius 1 is 1.65 bits per heavy atom. The molecule has 0 spiro atoms. The summed E-state index contributed by atoms with van der Waals surface area (Å²) in [5.41, 5.74) is 1.58. The minimum Gasteiger partial charge on any atom is -0.341 e. The highest BCUT2D eigenvalue weighted by molar-refractivity contribution is 6.33. The maximum absolute atomic E-state index is 10.6. The summed E-state index contributed by atoms with van der Waals surface area (Å²) in [4.78, 5) is 14.2. The molecule has 0 atom stereocenters. The van der Waals surface area contributed by atoms with Crippen molar-refractivity contribution in [3.63, 3.8) is 0 Å². The van der Waals surface area contributed by atoms with E-state index in [1.807, 2.05) is 12.1 Å². The zero-order valence-corrected chi connectivity index (χ0v) is 10.1. The second kappa shape index (κ2) is 4.18. The van der Waals surface area contributed by atoms with Gasteiger partial charge in [0, 0.05) is 37.3 Å². The molecule has 0 saturated carbocycles. The van der Waals surface area contributed by atoms with Gasteiger partial charge in [0.05, 0.1) is 10.4 Å². The largest absolute Gasteiger partial charge is 0.341 e. The van der Waals surface area contributed by atoms with Crippen molar-refractivity contribution in [2.45, 2.75) is 6.92 Å². The summed E-state index contributed by atoms with van der Waals surface area (Å²) in [6.45, 7) is 1.46. The van der Waals surface area contributed by atoms with Gasteiger partial charge in [0.15, 0.2) is 5.15 Å². The molecule has 2 heterocycles. The molecular weight excluding hydrogens is 242 g/mol. The summed E-state index contributed by atoms with van der Waals surface area (Å²) in [5.74, 6) is 0. The third-order valence-electron chi connectivity index (χ3n) is 2.58. The molecule has 0 aliphatic rings. The predicted molar refractivity (Wildman–Crippen MR) is 66.4 cm³/mol. The molecule has 0 aliphatic carbocycles. The van der Waals surface area contributed by atoms with E-state index in [2.05, 4.69) is 4.98 Å². The Hall–Kier alpha value is -1.88. The van der Waals surface area contributed by atoms with E-state index in [1.165, 1.54) is 13.0 Å². The van der Waals surface area contributed by atoms with Gasteiger partial charge in [-0.15, -0.1) is 0 Å². The Morgan fingerprint density at radius 2 is 2.35 bits per heavy atom. The van der Waals surface area contributed by atoms with Gasteiger partial charge in [0.2, 0.25) is 5.70 Å². The maximum Gasteiger partial charge on any atom is 0.245 e. The van der Waals surface area contributed by atoms with Crippen LogP contribution in [0.25, 0.3) is 17.0 Å². The van der Waals surface area contributed by atoms with Crippen LogP contribution < -0.4 is 0 Å². The normalized spacial score (nSPS) is 12.1. The number of hydrogen-bond acceptors (Lipinski definition) is 3. The van der Waals surface area contributed by atoms with E-state index in [-0.39, 0.29) is 5.70 Å². The fraction of sp³-hybridized carbons (Fsp3) is 0.182. The Labute approximate surface area is 102 Å². The number of nitrogens with zero attached hydrogens (tertiary/aromatic N) is 3. The lowest BCUT2D eigenvalue weighted by atomic mass is 10.3. The fourth-order valence-corrected chi connectivity index (χ4v) is 1.97. The van der Waals surface area contributed by atoms with Gasteiger partial charge in [-0.05, 0) is 12.1 Å². The molecule has 5 nitrogen and oxygen atoms in total. The van der Waals surface area contributed by atoms with Crippen molar-refractivity contribution in [3.05, 3.63) is 45.0 Å². The van der Waals surface area contributed by atoms with Crippen LogP contribution in [-0.2, 0) is 7.05 Å². The molecule has 0 aliphatic heterocycles. The van der Waals surface area contributed by atoms with Gasteiger partial charge in [-0.2, -0.15) is 0 Å². The molecule has 0 N–H and O–H groups in total. The van der Waals surface area contributed by atoms with E-state index in [9.17, 15) is 10.1 Å². The first-order valence-electron chi connectivity index (χ1n) is 4.93. The third kappa shape index (κ3) is 2.01. The molecule has 2 aromatic rings. The van der Waals surface area contributed by atoms with E-state index < -0.39 is 4.92 Å². The van der Waals surface area contributed by atoms with Crippen molar-refractivity contribution >= 4 is 28.6 Å². The second-order valence-electron chi connectivity index (χ2n) is 3.71. The summed E-state index contributed by atoms with van der Waals surface area (Å²) in [6, 6.07) is 3.66. The number of halogens is 1. The van der Waals surface area contributed by atoms with Crippen LogP contribution in [0.1, 0.15) is 12.6 Å². The number of pyridine rings is 1. The highest BCUT2D eigenvalue weighted by atomic mass is 35.5. The van der Waals surface area contributed by atoms with Crippen molar-refractivity contribution in [3.8, 4) is 0 Å². The SMILES string of the molecule is CC(=Cc1cc2ccnc(Cl)c2n1C)[N+](=O)[O-]. The summed E-state index contributed by atoms with van der Waals surface area (Å²) in [7, 11) is 1.80. The van der Waals surface area contributed by atoms with E-state index in [0.717, 1.165) is 16.6 Å². The summed E-state index contributed by atoms with van der Waals surface area (Å²) in [5, 5.41) is 11.9. The number of aryl methyl sites for hydroxylation is 1. The monoisotopic (exact) mass is 251 g/mol. The van der Waals surface area contributed by atoms with E-state index >= 15 is 0 Å². The first-order chi connectivity index (χ1) is 8.00. The van der Waals surface area contributed by atoms with Gasteiger partial charge in [-0.3, -0.25) is 10.1 Å². The lowest BCUT2D eigenvalue weighted by Crippen LogP contribution is -1.96. The van der Waals surface area contributed by atoms with Crippen LogP contribution in [0, 0.1) is 10.1 Å². The molecule has 88 valence electrons. The van der Waals surface area contributed by atoms with Crippen LogP contribution in [-0.4, -0.2) is 14.5 Å². The van der Waals surface area contributed by atoms with E-state index in [0.29, 0.717) is 5.15 Å². The zero-order valence-electron chi connectivity index (χ0n) is 9.35. The lowest BCUT2D eigenvalue weighted by molar-refractivity contribution is -0.422. The minimum atomic E-state index is -0.419. The van der Waals surface area contributed by atoms with Crippen LogP contribution in [0.5, 0.6) is 0 Å². The van der Waals surface area contributed by atoms with Crippen LogP contribution in [0.4, 0.5) is 0 Å². The summed E-state index contributed by atoms with van der Waals surface area (Å²) >= 11 is 5.99. The summed E-state index contributed by atoms with van der Waals surface area (Å²) in [6.07, 6.45) is 3.12. The van der Waals surface area contributed by atoms with Crippen molar-refractivity contribution in [1.29, 1.82) is 0 Å². The predicted octanol–water partition coefficient (Wildman–Crippen LogP) is 2.86. The first-order valence-corrected chi connectivity index (χ1v) is 5.31.